The van der Waals surface area contributed by atoms with E-state index < -0.39 is 5.92 Å². The van der Waals surface area contributed by atoms with Crippen molar-refractivity contribution in [1.82, 2.24) is 4.90 Å². The average molecular weight is 581 g/mol. The molecule has 2 heterocycles. The van der Waals surface area contributed by atoms with Crippen LogP contribution in [0.4, 0.5) is 0 Å². The van der Waals surface area contributed by atoms with Crippen molar-refractivity contribution in [2.45, 2.75) is 37.6 Å². The molecule has 2 atom stereocenters. The fourth-order valence-corrected chi connectivity index (χ4v) is 6.04. The zero-order chi connectivity index (χ0) is 22.5. The smallest absolute Gasteiger partial charge is 0.231 e. The van der Waals surface area contributed by atoms with Gasteiger partial charge >= 0.3 is 0 Å². The Bertz CT molecular complexity index is 1080. The maximum Gasteiger partial charge on any atom is 0.231 e. The van der Waals surface area contributed by atoms with E-state index in [0.717, 1.165) is 41.9 Å². The standard InChI is InChI=1S/C26H30ClN2O3.HI/c1-29(11-3-4-12-29)16-24-21-14-19(32-2)7-5-17(21)9-10-28(24)26(31)23-15-25(30)20-8-6-18(27)13-22(20)23;/h5-8,13-14,23-24H,3-4,9-12,15-16H2,1-2H3;1H/q+1;/p-1. The fourth-order valence-electron chi connectivity index (χ4n) is 5.86. The number of amides is 1. The number of fused-ring (bicyclic) bond motifs is 2. The molecule has 2 aromatic rings. The van der Waals surface area contributed by atoms with Crippen LogP contribution in [-0.4, -0.2) is 61.4 Å². The lowest BCUT2D eigenvalue weighted by atomic mass is 9.89. The highest BCUT2D eigenvalue weighted by Gasteiger charge is 2.43. The summed E-state index contributed by atoms with van der Waals surface area (Å²) in [6, 6.07) is 11.5. The Labute approximate surface area is 217 Å². The molecule has 7 heteroatoms. The van der Waals surface area contributed by atoms with Gasteiger partial charge in [-0.25, -0.2) is 0 Å². The van der Waals surface area contributed by atoms with Crippen LogP contribution >= 0.6 is 11.6 Å². The summed E-state index contributed by atoms with van der Waals surface area (Å²) < 4.78 is 6.49. The monoisotopic (exact) mass is 580 g/mol. The van der Waals surface area contributed by atoms with Crippen molar-refractivity contribution in [3.05, 3.63) is 63.7 Å². The zero-order valence-corrected chi connectivity index (χ0v) is 22.1. The number of Topliss-reactive ketones (excluding diaryl/α,β-unsaturated/α-hetero) is 1. The van der Waals surface area contributed by atoms with E-state index in [4.69, 9.17) is 16.3 Å². The number of hydrogen-bond acceptors (Lipinski definition) is 3. The van der Waals surface area contributed by atoms with Crippen molar-refractivity contribution in [3.63, 3.8) is 0 Å². The number of quaternary nitrogens is 1. The van der Waals surface area contributed by atoms with Gasteiger partial charge in [-0.3, -0.25) is 9.59 Å². The predicted octanol–water partition coefficient (Wildman–Crippen LogP) is 1.39. The van der Waals surface area contributed by atoms with E-state index in [2.05, 4.69) is 19.2 Å². The van der Waals surface area contributed by atoms with Crippen molar-refractivity contribution in [1.29, 1.82) is 0 Å². The Hall–Kier alpha value is -1.64. The minimum atomic E-state index is -0.449. The molecule has 1 aliphatic carbocycles. The summed E-state index contributed by atoms with van der Waals surface area (Å²) in [5.41, 5.74) is 3.90. The third-order valence-electron chi connectivity index (χ3n) is 7.63. The minimum absolute atomic E-state index is 0. The van der Waals surface area contributed by atoms with E-state index in [9.17, 15) is 9.59 Å². The molecule has 5 rings (SSSR count). The van der Waals surface area contributed by atoms with E-state index in [1.54, 1.807) is 25.3 Å². The number of methoxy groups -OCH3 is 1. The van der Waals surface area contributed by atoms with Gasteiger partial charge in [0.15, 0.2) is 5.78 Å². The maximum atomic E-state index is 14.0. The van der Waals surface area contributed by atoms with Crippen LogP contribution in [0.3, 0.4) is 0 Å². The molecular weight excluding hydrogens is 551 g/mol. The van der Waals surface area contributed by atoms with Gasteiger partial charge in [0.05, 0.1) is 33.2 Å². The SMILES string of the molecule is COc1ccc2c(c1)C(C[N+]1(C)CCCC1)N(C(=O)C1CC(=O)c3ccc(Cl)cc31)CC2.[I-]. The Morgan fingerprint density at radius 3 is 2.64 bits per heavy atom. The van der Waals surface area contributed by atoms with Gasteiger partial charge in [0, 0.05) is 36.4 Å². The first-order chi connectivity index (χ1) is 15.4. The second-order valence-electron chi connectivity index (χ2n) is 9.73. The number of halogens is 2. The van der Waals surface area contributed by atoms with Gasteiger partial charge in [-0.15, -0.1) is 0 Å². The molecule has 3 aliphatic rings. The van der Waals surface area contributed by atoms with Crippen LogP contribution in [0.15, 0.2) is 36.4 Å². The highest BCUT2D eigenvalue weighted by atomic mass is 127. The highest BCUT2D eigenvalue weighted by Crippen LogP contribution is 2.41. The van der Waals surface area contributed by atoms with Crippen LogP contribution in [-0.2, 0) is 11.2 Å². The van der Waals surface area contributed by atoms with Crippen LogP contribution in [0.2, 0.25) is 5.02 Å². The number of benzene rings is 2. The largest absolute Gasteiger partial charge is 1.00 e. The summed E-state index contributed by atoms with van der Waals surface area (Å²) in [6.45, 7) is 3.83. The normalized spacial score (nSPS) is 23.0. The summed E-state index contributed by atoms with van der Waals surface area (Å²) in [4.78, 5) is 28.6. The van der Waals surface area contributed by atoms with Crippen LogP contribution < -0.4 is 28.7 Å². The Kier molecular flexibility index (Phi) is 7.08. The van der Waals surface area contributed by atoms with Crippen molar-refractivity contribution >= 4 is 23.3 Å². The minimum Gasteiger partial charge on any atom is -1.00 e. The van der Waals surface area contributed by atoms with Crippen molar-refractivity contribution in [3.8, 4) is 5.75 Å². The second-order valence-corrected chi connectivity index (χ2v) is 10.2. The van der Waals surface area contributed by atoms with Gasteiger partial charge < -0.3 is 38.1 Å². The number of rotatable bonds is 4. The highest BCUT2D eigenvalue weighted by molar-refractivity contribution is 6.31. The molecule has 1 fully saturated rings. The van der Waals surface area contributed by atoms with Crippen molar-refractivity contribution in [2.24, 2.45) is 0 Å². The Morgan fingerprint density at radius 1 is 1.15 bits per heavy atom. The molecule has 0 spiro atoms. The molecule has 0 bridgehead atoms. The summed E-state index contributed by atoms with van der Waals surface area (Å²) in [6.07, 6.45) is 3.50. The van der Waals surface area contributed by atoms with Crippen LogP contribution in [0.5, 0.6) is 5.75 Å². The van der Waals surface area contributed by atoms with Crippen LogP contribution in [0.25, 0.3) is 0 Å². The Morgan fingerprint density at radius 2 is 1.91 bits per heavy atom. The van der Waals surface area contributed by atoms with Crippen molar-refractivity contribution in [2.75, 3.05) is 40.3 Å². The lowest BCUT2D eigenvalue weighted by Crippen LogP contribution is -3.00. The maximum absolute atomic E-state index is 14.0. The molecule has 1 saturated heterocycles. The first-order valence-corrected chi connectivity index (χ1v) is 11.9. The summed E-state index contributed by atoms with van der Waals surface area (Å²) in [7, 11) is 3.99. The van der Waals surface area contributed by atoms with E-state index in [1.807, 2.05) is 11.0 Å². The molecule has 2 aromatic carbocycles. The predicted molar refractivity (Wildman–Crippen MR) is 124 cm³/mol. The first-order valence-electron chi connectivity index (χ1n) is 11.5. The number of nitrogens with zero attached hydrogens (tertiary/aromatic N) is 2. The third-order valence-corrected chi connectivity index (χ3v) is 7.87. The van der Waals surface area contributed by atoms with Crippen LogP contribution in [0, 0.1) is 0 Å². The topological polar surface area (TPSA) is 46.6 Å². The van der Waals surface area contributed by atoms with Crippen LogP contribution in [0.1, 0.15) is 58.3 Å². The quantitative estimate of drug-likeness (QED) is 0.406. The third kappa shape index (κ3) is 4.54. The first kappa shape index (κ1) is 24.5. The fraction of sp³-hybridized carbons (Fsp3) is 0.462. The second kappa shape index (κ2) is 9.55. The molecule has 0 N–H and O–H groups in total. The van der Waals surface area contributed by atoms with Gasteiger partial charge in [0.1, 0.15) is 18.3 Å². The molecule has 1 amide bonds. The van der Waals surface area contributed by atoms with Gasteiger partial charge in [-0.1, -0.05) is 17.7 Å². The van der Waals surface area contributed by atoms with Gasteiger partial charge in [-0.05, 0) is 53.4 Å². The molecule has 0 radical (unpaired) electrons. The lowest BCUT2D eigenvalue weighted by Gasteiger charge is -2.43. The van der Waals surface area contributed by atoms with E-state index >= 15 is 0 Å². The summed E-state index contributed by atoms with van der Waals surface area (Å²) >= 11 is 6.23. The molecular formula is C26H30ClIN2O3. The molecule has 33 heavy (non-hydrogen) atoms. The van der Waals surface area contributed by atoms with E-state index in [1.165, 1.54) is 24.0 Å². The number of ether oxygens (including phenoxy) is 1. The Balaban J connectivity index is 0.00000259. The molecule has 0 aromatic heterocycles. The number of hydrogen-bond donors (Lipinski definition) is 0. The molecule has 5 nitrogen and oxygen atoms in total. The lowest BCUT2D eigenvalue weighted by molar-refractivity contribution is -0.900. The van der Waals surface area contributed by atoms with Gasteiger partial charge in [0.2, 0.25) is 5.91 Å². The number of carbonyl (C=O) groups is 2. The van der Waals surface area contributed by atoms with Crippen molar-refractivity contribution < 1.29 is 42.8 Å². The number of likely N-dealkylation sites (tertiary alicyclic amines) is 1. The zero-order valence-electron chi connectivity index (χ0n) is 19.2. The summed E-state index contributed by atoms with van der Waals surface area (Å²) in [5, 5.41) is 0.566. The molecule has 2 aliphatic heterocycles. The van der Waals surface area contributed by atoms with E-state index in [-0.39, 0.29) is 48.1 Å². The van der Waals surface area contributed by atoms with Gasteiger partial charge in [-0.2, -0.15) is 0 Å². The van der Waals surface area contributed by atoms with E-state index in [0.29, 0.717) is 17.1 Å². The average Bonchev–Trinajstić information content (AvgIpc) is 3.36. The molecule has 2 unspecified atom stereocenters. The van der Waals surface area contributed by atoms with Gasteiger partial charge in [0.25, 0.3) is 0 Å². The number of likely N-dealkylation sites (N-methyl/N-ethyl adjacent to an activating group) is 1. The molecule has 176 valence electrons. The number of carbonyl (C=O) groups excluding carboxylic acids is 2. The summed E-state index contributed by atoms with van der Waals surface area (Å²) in [5.74, 6) is 0.447. The molecule has 0 saturated carbocycles. The number of ketones is 1.